The van der Waals surface area contributed by atoms with E-state index in [1.54, 1.807) is 7.11 Å². The Kier molecular flexibility index (Phi) is 4.77. The monoisotopic (exact) mass is 271 g/mol. The molecule has 1 rings (SSSR count). The van der Waals surface area contributed by atoms with Crippen LogP contribution in [0.25, 0.3) is 0 Å². The molecule has 0 aliphatic rings. The van der Waals surface area contributed by atoms with Crippen LogP contribution < -0.4 is 5.32 Å². The molecule has 1 N–H and O–H groups in total. The first-order valence-corrected chi connectivity index (χ1v) is 5.83. The zero-order valence-corrected chi connectivity index (χ0v) is 11.1. The SMILES string of the molecule is COC(C)(C)CNCc1cccc(Br)c1. The maximum atomic E-state index is 5.33. The van der Waals surface area contributed by atoms with Crippen molar-refractivity contribution >= 4 is 15.9 Å². The molecule has 0 aliphatic carbocycles. The van der Waals surface area contributed by atoms with Gasteiger partial charge in [0.2, 0.25) is 0 Å². The van der Waals surface area contributed by atoms with Crippen molar-refractivity contribution in [1.82, 2.24) is 5.32 Å². The van der Waals surface area contributed by atoms with E-state index in [0.29, 0.717) is 0 Å². The van der Waals surface area contributed by atoms with Gasteiger partial charge in [-0.15, -0.1) is 0 Å². The Morgan fingerprint density at radius 3 is 2.73 bits per heavy atom. The van der Waals surface area contributed by atoms with Crippen molar-refractivity contribution in [1.29, 1.82) is 0 Å². The molecule has 0 saturated heterocycles. The highest BCUT2D eigenvalue weighted by molar-refractivity contribution is 9.10. The Labute approximate surface area is 100 Å². The highest BCUT2D eigenvalue weighted by atomic mass is 79.9. The van der Waals surface area contributed by atoms with Gasteiger partial charge in [-0.2, -0.15) is 0 Å². The lowest BCUT2D eigenvalue weighted by Gasteiger charge is -2.23. The minimum atomic E-state index is -0.105. The average molecular weight is 272 g/mol. The quantitative estimate of drug-likeness (QED) is 0.889. The molecule has 3 heteroatoms. The van der Waals surface area contributed by atoms with E-state index in [2.05, 4.69) is 47.2 Å². The Bertz CT molecular complexity index is 312. The van der Waals surface area contributed by atoms with Gasteiger partial charge < -0.3 is 10.1 Å². The topological polar surface area (TPSA) is 21.3 Å². The standard InChI is InChI=1S/C12H18BrNO/c1-12(2,15-3)9-14-8-10-5-4-6-11(13)7-10/h4-7,14H,8-9H2,1-3H3. The molecule has 0 heterocycles. The molecule has 0 spiro atoms. The summed E-state index contributed by atoms with van der Waals surface area (Å²) in [6.07, 6.45) is 0. The largest absolute Gasteiger partial charge is 0.377 e. The van der Waals surface area contributed by atoms with Gasteiger partial charge in [0.15, 0.2) is 0 Å². The molecule has 1 aromatic rings. The number of nitrogens with one attached hydrogen (secondary N) is 1. The predicted molar refractivity (Wildman–Crippen MR) is 66.9 cm³/mol. The van der Waals surface area contributed by atoms with Crippen LogP contribution in [0.2, 0.25) is 0 Å². The lowest BCUT2D eigenvalue weighted by atomic mass is 10.1. The molecule has 0 saturated carbocycles. The molecule has 0 aromatic heterocycles. The van der Waals surface area contributed by atoms with E-state index in [-0.39, 0.29) is 5.60 Å². The van der Waals surface area contributed by atoms with Crippen LogP contribution in [0.15, 0.2) is 28.7 Å². The van der Waals surface area contributed by atoms with Gasteiger partial charge in [-0.1, -0.05) is 28.1 Å². The summed E-state index contributed by atoms with van der Waals surface area (Å²) >= 11 is 3.45. The molecule has 0 bridgehead atoms. The van der Waals surface area contributed by atoms with Crippen LogP contribution in [0.1, 0.15) is 19.4 Å². The molecule has 0 unspecified atom stereocenters. The van der Waals surface area contributed by atoms with Gasteiger partial charge in [-0.25, -0.2) is 0 Å². The average Bonchev–Trinajstić information content (AvgIpc) is 2.18. The lowest BCUT2D eigenvalue weighted by Crippen LogP contribution is -2.36. The third-order valence-electron chi connectivity index (χ3n) is 2.32. The van der Waals surface area contributed by atoms with E-state index in [4.69, 9.17) is 4.74 Å². The Hall–Kier alpha value is -0.380. The number of ether oxygens (including phenoxy) is 1. The predicted octanol–water partition coefficient (Wildman–Crippen LogP) is 2.96. The summed E-state index contributed by atoms with van der Waals surface area (Å²) in [5.41, 5.74) is 1.17. The van der Waals surface area contributed by atoms with E-state index < -0.39 is 0 Å². The fourth-order valence-electron chi connectivity index (χ4n) is 1.23. The molecule has 0 atom stereocenters. The van der Waals surface area contributed by atoms with Crippen LogP contribution in [0, 0.1) is 0 Å². The summed E-state index contributed by atoms with van der Waals surface area (Å²) in [6, 6.07) is 8.30. The highest BCUT2D eigenvalue weighted by Gasteiger charge is 2.14. The van der Waals surface area contributed by atoms with Gasteiger partial charge in [0.1, 0.15) is 0 Å². The molecular weight excluding hydrogens is 254 g/mol. The number of hydrogen-bond acceptors (Lipinski definition) is 2. The van der Waals surface area contributed by atoms with Crippen LogP contribution in [-0.4, -0.2) is 19.3 Å². The summed E-state index contributed by atoms with van der Waals surface area (Å²) < 4.78 is 6.45. The van der Waals surface area contributed by atoms with E-state index in [1.165, 1.54) is 5.56 Å². The second-order valence-corrected chi connectivity index (χ2v) is 5.11. The van der Waals surface area contributed by atoms with Crippen LogP contribution >= 0.6 is 15.9 Å². The molecule has 0 amide bonds. The highest BCUT2D eigenvalue weighted by Crippen LogP contribution is 2.12. The van der Waals surface area contributed by atoms with Gasteiger partial charge in [0, 0.05) is 24.7 Å². The second-order valence-electron chi connectivity index (χ2n) is 4.20. The fraction of sp³-hybridized carbons (Fsp3) is 0.500. The third kappa shape index (κ3) is 4.78. The Morgan fingerprint density at radius 2 is 2.13 bits per heavy atom. The van der Waals surface area contributed by atoms with Gasteiger partial charge >= 0.3 is 0 Å². The van der Waals surface area contributed by atoms with Gasteiger partial charge in [0.25, 0.3) is 0 Å². The first-order chi connectivity index (χ1) is 7.03. The smallest absolute Gasteiger partial charge is 0.0746 e. The van der Waals surface area contributed by atoms with Crippen molar-refractivity contribution in [2.24, 2.45) is 0 Å². The first kappa shape index (κ1) is 12.7. The summed E-state index contributed by atoms with van der Waals surface area (Å²) in [5, 5.41) is 3.37. The van der Waals surface area contributed by atoms with Crippen molar-refractivity contribution in [3.63, 3.8) is 0 Å². The van der Waals surface area contributed by atoms with Crippen LogP contribution in [0.3, 0.4) is 0 Å². The van der Waals surface area contributed by atoms with Gasteiger partial charge in [-0.3, -0.25) is 0 Å². The minimum Gasteiger partial charge on any atom is -0.377 e. The zero-order chi connectivity index (χ0) is 11.3. The maximum absolute atomic E-state index is 5.33. The maximum Gasteiger partial charge on any atom is 0.0746 e. The first-order valence-electron chi connectivity index (χ1n) is 5.04. The van der Waals surface area contributed by atoms with Crippen molar-refractivity contribution in [3.05, 3.63) is 34.3 Å². The number of methoxy groups -OCH3 is 1. The molecule has 0 fully saturated rings. The third-order valence-corrected chi connectivity index (χ3v) is 2.81. The molecule has 15 heavy (non-hydrogen) atoms. The Morgan fingerprint density at radius 1 is 1.40 bits per heavy atom. The molecule has 2 nitrogen and oxygen atoms in total. The number of rotatable bonds is 5. The summed E-state index contributed by atoms with van der Waals surface area (Å²) in [6.45, 7) is 5.85. The molecule has 0 radical (unpaired) electrons. The van der Waals surface area contributed by atoms with E-state index in [0.717, 1.165) is 17.6 Å². The van der Waals surface area contributed by atoms with Crippen molar-refractivity contribution in [3.8, 4) is 0 Å². The lowest BCUT2D eigenvalue weighted by molar-refractivity contribution is 0.0230. The molecular formula is C12H18BrNO. The van der Waals surface area contributed by atoms with Crippen LogP contribution in [0.5, 0.6) is 0 Å². The Balaban J connectivity index is 2.38. The van der Waals surface area contributed by atoms with Crippen molar-refractivity contribution in [2.45, 2.75) is 26.0 Å². The van der Waals surface area contributed by atoms with E-state index in [9.17, 15) is 0 Å². The summed E-state index contributed by atoms with van der Waals surface area (Å²) in [5.74, 6) is 0. The van der Waals surface area contributed by atoms with Gasteiger partial charge in [-0.05, 0) is 31.5 Å². The summed E-state index contributed by atoms with van der Waals surface area (Å²) in [7, 11) is 1.74. The number of halogens is 1. The fourth-order valence-corrected chi connectivity index (χ4v) is 1.67. The normalized spacial score (nSPS) is 11.7. The number of hydrogen-bond donors (Lipinski definition) is 1. The minimum absolute atomic E-state index is 0.105. The summed E-state index contributed by atoms with van der Waals surface area (Å²) in [4.78, 5) is 0. The van der Waals surface area contributed by atoms with E-state index >= 15 is 0 Å². The zero-order valence-electron chi connectivity index (χ0n) is 9.51. The van der Waals surface area contributed by atoms with E-state index in [1.807, 2.05) is 12.1 Å². The number of benzene rings is 1. The second kappa shape index (κ2) is 5.64. The van der Waals surface area contributed by atoms with Crippen LogP contribution in [0.4, 0.5) is 0 Å². The molecule has 0 aliphatic heterocycles. The van der Waals surface area contributed by atoms with Crippen molar-refractivity contribution in [2.75, 3.05) is 13.7 Å². The molecule has 84 valence electrons. The van der Waals surface area contributed by atoms with Crippen molar-refractivity contribution < 1.29 is 4.74 Å². The van der Waals surface area contributed by atoms with Crippen LogP contribution in [-0.2, 0) is 11.3 Å². The van der Waals surface area contributed by atoms with Gasteiger partial charge in [0.05, 0.1) is 5.60 Å². The molecule has 1 aromatic carbocycles.